The SMILES string of the molecule is CCNC(=O)OCc1ccccc1Sc1ccc2nnc(C(C)C)n2c1. The van der Waals surface area contributed by atoms with Gasteiger partial charge in [0.15, 0.2) is 5.65 Å². The molecule has 0 saturated carbocycles. The minimum absolute atomic E-state index is 0.237. The van der Waals surface area contributed by atoms with Crippen molar-refractivity contribution in [1.82, 2.24) is 19.9 Å². The minimum Gasteiger partial charge on any atom is -0.445 e. The van der Waals surface area contributed by atoms with Gasteiger partial charge in [0.25, 0.3) is 0 Å². The molecule has 0 spiro atoms. The smallest absolute Gasteiger partial charge is 0.407 e. The van der Waals surface area contributed by atoms with Gasteiger partial charge in [-0.05, 0) is 25.1 Å². The van der Waals surface area contributed by atoms with E-state index in [-0.39, 0.29) is 6.61 Å². The van der Waals surface area contributed by atoms with Crippen molar-refractivity contribution in [2.24, 2.45) is 0 Å². The maximum atomic E-state index is 11.5. The number of amides is 1. The average molecular weight is 370 g/mol. The Morgan fingerprint density at radius 3 is 2.81 bits per heavy atom. The van der Waals surface area contributed by atoms with Gasteiger partial charge in [0.1, 0.15) is 12.4 Å². The molecule has 6 nitrogen and oxygen atoms in total. The van der Waals surface area contributed by atoms with Gasteiger partial charge in [0, 0.05) is 34.0 Å². The summed E-state index contributed by atoms with van der Waals surface area (Å²) in [6.07, 6.45) is 1.65. The molecule has 0 aliphatic rings. The van der Waals surface area contributed by atoms with E-state index in [1.807, 2.05) is 47.7 Å². The van der Waals surface area contributed by atoms with Crippen molar-refractivity contribution in [2.75, 3.05) is 6.54 Å². The van der Waals surface area contributed by atoms with E-state index in [4.69, 9.17) is 4.74 Å². The molecule has 1 amide bonds. The quantitative estimate of drug-likeness (QED) is 0.702. The van der Waals surface area contributed by atoms with Crippen LogP contribution in [-0.4, -0.2) is 27.2 Å². The van der Waals surface area contributed by atoms with E-state index >= 15 is 0 Å². The van der Waals surface area contributed by atoms with Crippen LogP contribution in [0.3, 0.4) is 0 Å². The van der Waals surface area contributed by atoms with Gasteiger partial charge in [-0.3, -0.25) is 4.40 Å². The fraction of sp³-hybridized carbons (Fsp3) is 0.316. The fourth-order valence-electron chi connectivity index (χ4n) is 2.53. The number of pyridine rings is 1. The first-order chi connectivity index (χ1) is 12.6. The molecule has 0 fully saturated rings. The van der Waals surface area contributed by atoms with E-state index in [2.05, 4.69) is 35.6 Å². The van der Waals surface area contributed by atoms with Crippen LogP contribution in [0.4, 0.5) is 4.79 Å². The van der Waals surface area contributed by atoms with Crippen LogP contribution in [-0.2, 0) is 11.3 Å². The highest BCUT2D eigenvalue weighted by Gasteiger charge is 2.11. The second kappa shape index (κ2) is 8.23. The first-order valence-electron chi connectivity index (χ1n) is 8.59. The molecule has 3 rings (SSSR count). The Bertz CT molecular complexity index is 907. The second-order valence-electron chi connectivity index (χ2n) is 6.12. The number of nitrogens with zero attached hydrogens (tertiary/aromatic N) is 3. The number of fused-ring (bicyclic) bond motifs is 1. The van der Waals surface area contributed by atoms with Crippen LogP contribution in [0.5, 0.6) is 0 Å². The monoisotopic (exact) mass is 370 g/mol. The van der Waals surface area contributed by atoms with E-state index in [0.29, 0.717) is 12.5 Å². The summed E-state index contributed by atoms with van der Waals surface area (Å²) in [5, 5.41) is 11.1. The summed E-state index contributed by atoms with van der Waals surface area (Å²) in [6.45, 7) is 6.85. The third-order valence-electron chi connectivity index (χ3n) is 3.80. The summed E-state index contributed by atoms with van der Waals surface area (Å²) in [4.78, 5) is 13.7. The van der Waals surface area contributed by atoms with Crippen molar-refractivity contribution >= 4 is 23.5 Å². The van der Waals surface area contributed by atoms with Gasteiger partial charge >= 0.3 is 6.09 Å². The van der Waals surface area contributed by atoms with Crippen LogP contribution in [0, 0.1) is 0 Å². The van der Waals surface area contributed by atoms with Crippen molar-refractivity contribution in [3.8, 4) is 0 Å². The van der Waals surface area contributed by atoms with Crippen LogP contribution < -0.4 is 5.32 Å². The Hall–Kier alpha value is -2.54. The van der Waals surface area contributed by atoms with Crippen molar-refractivity contribution in [3.05, 3.63) is 54.0 Å². The van der Waals surface area contributed by atoms with Gasteiger partial charge in [0.05, 0.1) is 0 Å². The molecule has 0 aliphatic heterocycles. The summed E-state index contributed by atoms with van der Waals surface area (Å²) in [5.74, 6) is 1.23. The van der Waals surface area contributed by atoms with E-state index in [1.54, 1.807) is 11.8 Å². The average Bonchev–Trinajstić information content (AvgIpc) is 3.05. The highest BCUT2D eigenvalue weighted by atomic mass is 32.2. The van der Waals surface area contributed by atoms with E-state index in [9.17, 15) is 4.79 Å². The lowest BCUT2D eigenvalue weighted by molar-refractivity contribution is 0.139. The van der Waals surface area contributed by atoms with Crippen LogP contribution in [0.15, 0.2) is 52.4 Å². The van der Waals surface area contributed by atoms with Crippen LogP contribution in [0.25, 0.3) is 5.65 Å². The number of nitrogens with one attached hydrogen (secondary N) is 1. The van der Waals surface area contributed by atoms with E-state index in [0.717, 1.165) is 26.8 Å². The molecule has 1 N–H and O–H groups in total. The molecule has 0 radical (unpaired) electrons. The molecule has 2 heterocycles. The predicted octanol–water partition coefficient (Wildman–Crippen LogP) is 4.25. The summed E-state index contributed by atoms with van der Waals surface area (Å²) in [6, 6.07) is 11.9. The van der Waals surface area contributed by atoms with Gasteiger partial charge < -0.3 is 10.1 Å². The Labute approximate surface area is 157 Å². The summed E-state index contributed by atoms with van der Waals surface area (Å²) in [7, 11) is 0. The Morgan fingerprint density at radius 2 is 2.04 bits per heavy atom. The number of rotatable bonds is 6. The van der Waals surface area contributed by atoms with Gasteiger partial charge in [-0.15, -0.1) is 10.2 Å². The summed E-state index contributed by atoms with van der Waals surface area (Å²) in [5.41, 5.74) is 1.81. The highest BCUT2D eigenvalue weighted by molar-refractivity contribution is 7.99. The van der Waals surface area contributed by atoms with Gasteiger partial charge in [-0.25, -0.2) is 4.79 Å². The van der Waals surface area contributed by atoms with Crippen LogP contribution >= 0.6 is 11.8 Å². The number of hydrogen-bond donors (Lipinski definition) is 1. The number of carbonyl (C=O) groups excluding carboxylic acids is 1. The number of ether oxygens (including phenoxy) is 1. The second-order valence-corrected chi connectivity index (χ2v) is 7.24. The molecule has 136 valence electrons. The number of alkyl carbamates (subject to hydrolysis) is 1. The fourth-order valence-corrected chi connectivity index (χ4v) is 3.48. The number of carbonyl (C=O) groups is 1. The van der Waals surface area contributed by atoms with E-state index in [1.165, 1.54) is 0 Å². The first-order valence-corrected chi connectivity index (χ1v) is 9.41. The van der Waals surface area contributed by atoms with Crippen molar-refractivity contribution in [1.29, 1.82) is 0 Å². The molecule has 26 heavy (non-hydrogen) atoms. The minimum atomic E-state index is -0.403. The van der Waals surface area contributed by atoms with Crippen molar-refractivity contribution in [3.63, 3.8) is 0 Å². The topological polar surface area (TPSA) is 68.5 Å². The standard InChI is InChI=1S/C19H22N4O2S/c1-4-20-19(24)25-12-14-7-5-6-8-16(14)26-15-9-10-17-21-22-18(13(2)3)23(17)11-15/h5-11,13H,4,12H2,1-3H3,(H,20,24). The maximum absolute atomic E-state index is 11.5. The van der Waals surface area contributed by atoms with Gasteiger partial charge in [-0.1, -0.05) is 43.8 Å². The molecular weight excluding hydrogens is 348 g/mol. The zero-order chi connectivity index (χ0) is 18.5. The number of aromatic nitrogens is 3. The molecule has 2 aromatic heterocycles. The largest absolute Gasteiger partial charge is 0.445 e. The van der Waals surface area contributed by atoms with Crippen molar-refractivity contribution < 1.29 is 9.53 Å². The normalized spacial score (nSPS) is 11.1. The molecule has 0 saturated heterocycles. The number of benzene rings is 1. The zero-order valence-electron chi connectivity index (χ0n) is 15.1. The van der Waals surface area contributed by atoms with Crippen LogP contribution in [0.1, 0.15) is 38.1 Å². The summed E-state index contributed by atoms with van der Waals surface area (Å²) < 4.78 is 7.30. The highest BCUT2D eigenvalue weighted by Crippen LogP contribution is 2.31. The lowest BCUT2D eigenvalue weighted by Gasteiger charge is -2.11. The van der Waals surface area contributed by atoms with Crippen molar-refractivity contribution in [2.45, 2.75) is 43.1 Å². The summed E-state index contributed by atoms with van der Waals surface area (Å²) >= 11 is 1.63. The molecule has 0 aliphatic carbocycles. The van der Waals surface area contributed by atoms with E-state index < -0.39 is 6.09 Å². The molecule has 1 aromatic carbocycles. The predicted molar refractivity (Wildman–Crippen MR) is 102 cm³/mol. The molecule has 0 unspecified atom stereocenters. The van der Waals surface area contributed by atoms with Gasteiger partial charge in [-0.2, -0.15) is 0 Å². The maximum Gasteiger partial charge on any atom is 0.407 e. The third kappa shape index (κ3) is 4.16. The van der Waals surface area contributed by atoms with Gasteiger partial charge in [0.2, 0.25) is 0 Å². The molecule has 7 heteroatoms. The Balaban J connectivity index is 1.81. The Morgan fingerprint density at radius 1 is 1.23 bits per heavy atom. The lowest BCUT2D eigenvalue weighted by Crippen LogP contribution is -2.23. The lowest BCUT2D eigenvalue weighted by atomic mass is 10.2. The third-order valence-corrected chi connectivity index (χ3v) is 4.89. The van der Waals surface area contributed by atoms with Crippen LogP contribution in [0.2, 0.25) is 0 Å². The first kappa shape index (κ1) is 18.3. The molecule has 0 atom stereocenters. The zero-order valence-corrected chi connectivity index (χ0v) is 15.9. The molecule has 3 aromatic rings. The molecule has 0 bridgehead atoms. The molecular formula is C19H22N4O2S. The Kier molecular flexibility index (Phi) is 5.78. The number of hydrogen-bond acceptors (Lipinski definition) is 5.